The SMILES string of the molecule is O=C(NCCc1cccnc1)OC/C=C/C=C/CCc1ccccc1. The Morgan fingerprint density at radius 2 is 1.80 bits per heavy atom. The van der Waals surface area contributed by atoms with E-state index in [9.17, 15) is 4.79 Å². The summed E-state index contributed by atoms with van der Waals surface area (Å²) in [6.45, 7) is 0.801. The number of amides is 1. The largest absolute Gasteiger partial charge is 0.445 e. The van der Waals surface area contributed by atoms with Crippen molar-refractivity contribution in [2.24, 2.45) is 0 Å². The van der Waals surface area contributed by atoms with Crippen LogP contribution in [0.5, 0.6) is 0 Å². The van der Waals surface area contributed by atoms with Crippen molar-refractivity contribution in [1.82, 2.24) is 10.3 Å². The van der Waals surface area contributed by atoms with Crippen molar-refractivity contribution in [3.8, 4) is 0 Å². The molecule has 4 nitrogen and oxygen atoms in total. The van der Waals surface area contributed by atoms with E-state index >= 15 is 0 Å². The Labute approximate surface area is 149 Å². The van der Waals surface area contributed by atoms with Crippen LogP contribution in [0.2, 0.25) is 0 Å². The van der Waals surface area contributed by atoms with Crippen LogP contribution in [0, 0.1) is 0 Å². The summed E-state index contributed by atoms with van der Waals surface area (Å²) in [5.41, 5.74) is 2.42. The van der Waals surface area contributed by atoms with Gasteiger partial charge in [-0.1, -0.05) is 54.6 Å². The zero-order valence-electron chi connectivity index (χ0n) is 14.3. The lowest BCUT2D eigenvalue weighted by Gasteiger charge is -2.04. The summed E-state index contributed by atoms with van der Waals surface area (Å²) in [7, 11) is 0. The maximum Gasteiger partial charge on any atom is 0.407 e. The van der Waals surface area contributed by atoms with Crippen LogP contribution in [0.4, 0.5) is 4.79 Å². The molecule has 0 unspecified atom stereocenters. The van der Waals surface area contributed by atoms with Crippen LogP contribution >= 0.6 is 0 Å². The van der Waals surface area contributed by atoms with Crippen LogP contribution in [-0.2, 0) is 17.6 Å². The van der Waals surface area contributed by atoms with E-state index < -0.39 is 6.09 Å². The number of aryl methyl sites for hydroxylation is 1. The number of hydrogen-bond donors (Lipinski definition) is 1. The Morgan fingerprint density at radius 1 is 1.00 bits per heavy atom. The van der Waals surface area contributed by atoms with Crippen LogP contribution in [0.1, 0.15) is 17.5 Å². The van der Waals surface area contributed by atoms with Crippen molar-refractivity contribution in [3.63, 3.8) is 0 Å². The minimum atomic E-state index is -0.401. The van der Waals surface area contributed by atoms with E-state index in [0.29, 0.717) is 6.54 Å². The van der Waals surface area contributed by atoms with Gasteiger partial charge in [0, 0.05) is 18.9 Å². The van der Waals surface area contributed by atoms with Gasteiger partial charge < -0.3 is 10.1 Å². The fourth-order valence-electron chi connectivity index (χ4n) is 2.23. The highest BCUT2D eigenvalue weighted by Crippen LogP contribution is 2.02. The smallest absolute Gasteiger partial charge is 0.407 e. The Balaban J connectivity index is 1.50. The third-order valence-electron chi connectivity index (χ3n) is 3.54. The first kappa shape index (κ1) is 18.5. The minimum absolute atomic E-state index is 0.266. The minimum Gasteiger partial charge on any atom is -0.445 e. The van der Waals surface area contributed by atoms with E-state index in [-0.39, 0.29) is 6.61 Å². The highest BCUT2D eigenvalue weighted by molar-refractivity contribution is 5.67. The normalized spacial score (nSPS) is 11.0. The number of nitrogens with zero attached hydrogens (tertiary/aromatic N) is 1. The van der Waals surface area contributed by atoms with Crippen LogP contribution in [-0.4, -0.2) is 24.2 Å². The molecule has 0 aliphatic rings. The fourth-order valence-corrected chi connectivity index (χ4v) is 2.23. The number of nitrogens with one attached hydrogen (secondary N) is 1. The summed E-state index contributed by atoms with van der Waals surface area (Å²) in [6, 6.07) is 14.3. The van der Waals surface area contributed by atoms with E-state index in [2.05, 4.69) is 40.6 Å². The van der Waals surface area contributed by atoms with Crippen LogP contribution in [0.15, 0.2) is 79.2 Å². The molecular weight excluding hydrogens is 312 g/mol. The fraction of sp³-hybridized carbons (Fsp3) is 0.238. The van der Waals surface area contributed by atoms with E-state index in [1.807, 2.05) is 36.4 Å². The Morgan fingerprint density at radius 3 is 2.60 bits per heavy atom. The maximum atomic E-state index is 11.5. The van der Waals surface area contributed by atoms with Gasteiger partial charge in [0.05, 0.1) is 0 Å². The molecule has 2 rings (SSSR count). The second-order valence-corrected chi connectivity index (χ2v) is 5.52. The number of carbonyl (C=O) groups excluding carboxylic acids is 1. The zero-order valence-corrected chi connectivity index (χ0v) is 14.3. The van der Waals surface area contributed by atoms with E-state index in [4.69, 9.17) is 4.74 Å². The van der Waals surface area contributed by atoms with Gasteiger partial charge in [0.15, 0.2) is 0 Å². The van der Waals surface area contributed by atoms with Gasteiger partial charge in [-0.3, -0.25) is 4.98 Å². The summed E-state index contributed by atoms with van der Waals surface area (Å²) in [6.07, 6.45) is 13.7. The average molecular weight is 336 g/mol. The molecule has 0 saturated carbocycles. The summed E-state index contributed by atoms with van der Waals surface area (Å²) in [5.74, 6) is 0. The van der Waals surface area contributed by atoms with E-state index in [1.165, 1.54) is 5.56 Å². The number of ether oxygens (including phenoxy) is 1. The van der Waals surface area contributed by atoms with Crippen molar-refractivity contribution in [3.05, 3.63) is 90.3 Å². The zero-order chi connectivity index (χ0) is 17.6. The first-order valence-corrected chi connectivity index (χ1v) is 8.50. The molecule has 1 aromatic carbocycles. The lowest BCUT2D eigenvalue weighted by molar-refractivity contribution is 0.158. The Hall–Kier alpha value is -2.88. The van der Waals surface area contributed by atoms with Gasteiger partial charge in [0.25, 0.3) is 0 Å². The van der Waals surface area contributed by atoms with E-state index in [0.717, 1.165) is 24.8 Å². The lowest BCUT2D eigenvalue weighted by Crippen LogP contribution is -2.26. The number of hydrogen-bond acceptors (Lipinski definition) is 3. The molecule has 0 aliphatic heterocycles. The molecule has 1 N–H and O–H groups in total. The maximum absolute atomic E-state index is 11.5. The topological polar surface area (TPSA) is 51.2 Å². The second-order valence-electron chi connectivity index (χ2n) is 5.52. The standard InChI is InChI=1S/C21H24N2O2/c24-21(23-16-14-20-13-9-15-22-18-20)25-17-8-3-1-2-5-10-19-11-6-4-7-12-19/h1-4,6-9,11-13,15,18H,5,10,14,16-17H2,(H,23,24)/b2-1+,8-3+. The number of carbonyl (C=O) groups is 1. The van der Waals surface area contributed by atoms with Crippen molar-refractivity contribution in [1.29, 1.82) is 0 Å². The third-order valence-corrected chi connectivity index (χ3v) is 3.54. The van der Waals surface area contributed by atoms with Crippen LogP contribution in [0.25, 0.3) is 0 Å². The number of allylic oxidation sites excluding steroid dienone is 3. The quantitative estimate of drug-likeness (QED) is 0.702. The summed E-state index contributed by atoms with van der Waals surface area (Å²) in [5, 5.41) is 2.72. The predicted molar refractivity (Wildman–Crippen MR) is 100 cm³/mol. The lowest BCUT2D eigenvalue weighted by atomic mass is 10.1. The van der Waals surface area contributed by atoms with Gasteiger partial charge in [-0.15, -0.1) is 0 Å². The van der Waals surface area contributed by atoms with Gasteiger partial charge >= 0.3 is 6.09 Å². The van der Waals surface area contributed by atoms with Crippen molar-refractivity contribution in [2.75, 3.05) is 13.2 Å². The molecular formula is C21H24N2O2. The first-order valence-electron chi connectivity index (χ1n) is 8.50. The number of rotatable bonds is 9. The summed E-state index contributed by atoms with van der Waals surface area (Å²) >= 11 is 0. The number of aromatic nitrogens is 1. The number of pyridine rings is 1. The molecule has 0 bridgehead atoms. The molecule has 0 saturated heterocycles. The van der Waals surface area contributed by atoms with Gasteiger partial charge in [-0.25, -0.2) is 4.79 Å². The van der Waals surface area contributed by atoms with Gasteiger partial charge in [0.1, 0.15) is 6.61 Å². The van der Waals surface area contributed by atoms with Gasteiger partial charge in [-0.05, 0) is 42.5 Å². The molecule has 0 aliphatic carbocycles. The monoisotopic (exact) mass is 336 g/mol. The molecule has 0 atom stereocenters. The molecule has 0 spiro atoms. The van der Waals surface area contributed by atoms with Gasteiger partial charge in [-0.2, -0.15) is 0 Å². The van der Waals surface area contributed by atoms with Crippen LogP contribution in [0.3, 0.4) is 0 Å². The van der Waals surface area contributed by atoms with Gasteiger partial charge in [0.2, 0.25) is 0 Å². The molecule has 1 aromatic heterocycles. The summed E-state index contributed by atoms with van der Waals surface area (Å²) < 4.78 is 5.07. The molecule has 0 radical (unpaired) electrons. The van der Waals surface area contributed by atoms with Crippen LogP contribution < -0.4 is 5.32 Å². The van der Waals surface area contributed by atoms with Crippen molar-refractivity contribution in [2.45, 2.75) is 19.3 Å². The molecule has 130 valence electrons. The molecule has 0 fully saturated rings. The Bertz CT molecular complexity index is 667. The second kappa shape index (κ2) is 11.6. The Kier molecular flexibility index (Phi) is 8.58. The summed E-state index contributed by atoms with van der Waals surface area (Å²) in [4.78, 5) is 15.6. The third kappa shape index (κ3) is 8.51. The molecule has 4 heteroatoms. The number of benzene rings is 1. The molecule has 1 heterocycles. The number of alkyl carbamates (subject to hydrolysis) is 1. The highest BCUT2D eigenvalue weighted by Gasteiger charge is 1.99. The van der Waals surface area contributed by atoms with E-state index in [1.54, 1.807) is 12.4 Å². The highest BCUT2D eigenvalue weighted by atomic mass is 16.5. The molecule has 25 heavy (non-hydrogen) atoms. The molecule has 2 aromatic rings. The first-order chi connectivity index (χ1) is 12.3. The van der Waals surface area contributed by atoms with Crippen molar-refractivity contribution >= 4 is 6.09 Å². The molecule has 1 amide bonds. The van der Waals surface area contributed by atoms with Crippen molar-refractivity contribution < 1.29 is 9.53 Å². The predicted octanol–water partition coefficient (Wildman–Crippen LogP) is 4.10. The average Bonchev–Trinajstić information content (AvgIpc) is 2.65.